The van der Waals surface area contributed by atoms with E-state index in [0.717, 1.165) is 25.2 Å². The largest absolute Gasteiger partial charge is 0.308 e. The molecule has 0 unspecified atom stereocenters. The van der Waals surface area contributed by atoms with Gasteiger partial charge in [0.2, 0.25) is 0 Å². The number of halogens is 1. The zero-order chi connectivity index (χ0) is 12.8. The summed E-state index contributed by atoms with van der Waals surface area (Å²) in [5, 5.41) is 9.42. The maximum atomic E-state index is 8.76. The van der Waals surface area contributed by atoms with Gasteiger partial charge in [-0.2, -0.15) is 5.26 Å². The van der Waals surface area contributed by atoms with Crippen molar-refractivity contribution < 1.29 is 0 Å². The highest BCUT2D eigenvalue weighted by Crippen LogP contribution is 2.18. The summed E-state index contributed by atoms with van der Waals surface area (Å²) in [6.45, 7) is 2.81. The van der Waals surface area contributed by atoms with Gasteiger partial charge in [-0.05, 0) is 38.8 Å². The lowest BCUT2D eigenvalue weighted by Gasteiger charge is -2.19. The molecule has 0 atom stereocenters. The number of hydrogen-bond acceptors (Lipinski definition) is 3. The van der Waals surface area contributed by atoms with Gasteiger partial charge in [0.25, 0.3) is 0 Å². The van der Waals surface area contributed by atoms with E-state index in [1.807, 2.05) is 6.07 Å². The average molecular weight is 252 g/mol. The fourth-order valence-electron chi connectivity index (χ4n) is 1.49. The summed E-state index contributed by atoms with van der Waals surface area (Å²) in [4.78, 5) is 4.37. The molecule has 0 bridgehead atoms. The van der Waals surface area contributed by atoms with Crippen molar-refractivity contribution in [1.29, 1.82) is 5.26 Å². The van der Waals surface area contributed by atoms with Crippen molar-refractivity contribution >= 4 is 11.6 Å². The van der Waals surface area contributed by atoms with Crippen molar-refractivity contribution in [2.45, 2.75) is 6.54 Å². The number of nitrogens with zero attached hydrogens (tertiary/aromatic N) is 3. The second-order valence-corrected chi connectivity index (χ2v) is 4.87. The predicted octanol–water partition coefficient (Wildman–Crippen LogP) is 2.21. The minimum absolute atomic E-state index is 0.606. The van der Waals surface area contributed by atoms with Gasteiger partial charge in [-0.1, -0.05) is 17.7 Å². The first-order valence-electron chi connectivity index (χ1n) is 5.54. The fourth-order valence-corrected chi connectivity index (χ4v) is 1.73. The molecule has 0 spiro atoms. The molecule has 1 rings (SSSR count). The van der Waals surface area contributed by atoms with Crippen LogP contribution in [0, 0.1) is 11.3 Å². The van der Waals surface area contributed by atoms with Crippen LogP contribution in [0.5, 0.6) is 0 Å². The Morgan fingerprint density at radius 2 is 1.94 bits per heavy atom. The molecule has 0 heterocycles. The highest BCUT2D eigenvalue weighted by Gasteiger charge is 2.05. The second kappa shape index (κ2) is 6.61. The van der Waals surface area contributed by atoms with Crippen molar-refractivity contribution in [1.82, 2.24) is 9.80 Å². The number of hydrogen-bond donors (Lipinski definition) is 0. The molecule has 0 amide bonds. The van der Waals surface area contributed by atoms with Crippen LogP contribution in [-0.4, -0.2) is 44.0 Å². The first kappa shape index (κ1) is 14.0. The number of likely N-dealkylation sites (N-methyl/N-ethyl adjacent to an activating group) is 2. The maximum Gasteiger partial charge on any atom is 0.0992 e. The number of rotatable bonds is 5. The highest BCUT2D eigenvalue weighted by molar-refractivity contribution is 6.31. The molecule has 3 nitrogen and oxygen atoms in total. The standard InChI is InChI=1S/C13H18ClN3/c1-16(2)6-7-17(3)10-12-5-4-11(9-15)8-13(12)14/h4-5,8H,6-7,10H2,1-3H3. The van der Waals surface area contributed by atoms with Gasteiger partial charge >= 0.3 is 0 Å². The Labute approximate surface area is 108 Å². The van der Waals surface area contributed by atoms with Crippen molar-refractivity contribution in [3.8, 4) is 6.07 Å². The summed E-state index contributed by atoms with van der Waals surface area (Å²) in [6.07, 6.45) is 0. The van der Waals surface area contributed by atoms with Crippen LogP contribution < -0.4 is 0 Å². The summed E-state index contributed by atoms with van der Waals surface area (Å²) in [5.74, 6) is 0. The van der Waals surface area contributed by atoms with Crippen LogP contribution in [-0.2, 0) is 6.54 Å². The Morgan fingerprint density at radius 1 is 1.24 bits per heavy atom. The summed E-state index contributed by atoms with van der Waals surface area (Å²) in [6, 6.07) is 7.53. The summed E-state index contributed by atoms with van der Waals surface area (Å²) < 4.78 is 0. The normalized spacial score (nSPS) is 10.9. The molecule has 0 aliphatic carbocycles. The Hall–Kier alpha value is -1.08. The number of benzene rings is 1. The van der Waals surface area contributed by atoms with Crippen LogP contribution in [0.15, 0.2) is 18.2 Å². The van der Waals surface area contributed by atoms with Crippen molar-refractivity contribution in [2.75, 3.05) is 34.2 Å². The Kier molecular flexibility index (Phi) is 5.43. The van der Waals surface area contributed by atoms with Crippen LogP contribution >= 0.6 is 11.6 Å². The molecule has 0 aromatic heterocycles. The lowest BCUT2D eigenvalue weighted by Crippen LogP contribution is -2.28. The van der Waals surface area contributed by atoms with E-state index >= 15 is 0 Å². The van der Waals surface area contributed by atoms with Gasteiger partial charge in [-0.25, -0.2) is 0 Å². The predicted molar refractivity (Wildman–Crippen MR) is 71.1 cm³/mol. The summed E-state index contributed by atoms with van der Waals surface area (Å²) >= 11 is 6.13. The molecular weight excluding hydrogens is 234 g/mol. The topological polar surface area (TPSA) is 30.3 Å². The lowest BCUT2D eigenvalue weighted by molar-refractivity contribution is 0.276. The van der Waals surface area contributed by atoms with E-state index in [1.165, 1.54) is 0 Å². The van der Waals surface area contributed by atoms with E-state index in [1.54, 1.807) is 12.1 Å². The average Bonchev–Trinajstić information content (AvgIpc) is 2.29. The Morgan fingerprint density at radius 3 is 2.47 bits per heavy atom. The third-order valence-corrected chi connectivity index (χ3v) is 2.90. The zero-order valence-corrected chi connectivity index (χ0v) is 11.3. The molecule has 0 radical (unpaired) electrons. The minimum atomic E-state index is 0.606. The molecule has 0 N–H and O–H groups in total. The van der Waals surface area contributed by atoms with Crippen LogP contribution in [0.1, 0.15) is 11.1 Å². The molecule has 0 fully saturated rings. The van der Waals surface area contributed by atoms with Crippen molar-refractivity contribution in [2.24, 2.45) is 0 Å². The van der Waals surface area contributed by atoms with E-state index in [-0.39, 0.29) is 0 Å². The van der Waals surface area contributed by atoms with Gasteiger partial charge in [0.15, 0.2) is 0 Å². The molecule has 1 aromatic rings. The molecule has 0 aliphatic heterocycles. The van der Waals surface area contributed by atoms with E-state index in [2.05, 4.69) is 37.0 Å². The minimum Gasteiger partial charge on any atom is -0.308 e. The molecule has 0 saturated carbocycles. The van der Waals surface area contributed by atoms with Crippen LogP contribution in [0.4, 0.5) is 0 Å². The molecule has 17 heavy (non-hydrogen) atoms. The van der Waals surface area contributed by atoms with Gasteiger partial charge in [-0.3, -0.25) is 0 Å². The van der Waals surface area contributed by atoms with Gasteiger partial charge in [-0.15, -0.1) is 0 Å². The first-order chi connectivity index (χ1) is 8.02. The van der Waals surface area contributed by atoms with E-state index in [4.69, 9.17) is 16.9 Å². The van der Waals surface area contributed by atoms with Gasteiger partial charge in [0.1, 0.15) is 0 Å². The molecule has 0 aliphatic rings. The van der Waals surface area contributed by atoms with Crippen LogP contribution in [0.2, 0.25) is 5.02 Å². The zero-order valence-electron chi connectivity index (χ0n) is 10.6. The molecule has 92 valence electrons. The summed E-state index contributed by atoms with van der Waals surface area (Å²) in [5.41, 5.74) is 1.67. The smallest absolute Gasteiger partial charge is 0.0992 e. The summed E-state index contributed by atoms with van der Waals surface area (Å²) in [7, 11) is 6.18. The van der Waals surface area contributed by atoms with E-state index in [0.29, 0.717) is 10.6 Å². The van der Waals surface area contributed by atoms with Gasteiger partial charge in [0.05, 0.1) is 11.6 Å². The van der Waals surface area contributed by atoms with Crippen LogP contribution in [0.25, 0.3) is 0 Å². The van der Waals surface area contributed by atoms with E-state index in [9.17, 15) is 0 Å². The highest BCUT2D eigenvalue weighted by atomic mass is 35.5. The first-order valence-corrected chi connectivity index (χ1v) is 5.92. The van der Waals surface area contributed by atoms with Gasteiger partial charge in [0, 0.05) is 24.7 Å². The van der Waals surface area contributed by atoms with Gasteiger partial charge < -0.3 is 9.80 Å². The molecule has 0 saturated heterocycles. The molecular formula is C13H18ClN3. The SMILES string of the molecule is CN(C)CCN(C)Cc1ccc(C#N)cc1Cl. The number of nitriles is 1. The monoisotopic (exact) mass is 251 g/mol. The maximum absolute atomic E-state index is 8.76. The Bertz CT molecular complexity index is 410. The lowest BCUT2D eigenvalue weighted by atomic mass is 10.1. The van der Waals surface area contributed by atoms with Crippen molar-refractivity contribution in [3.05, 3.63) is 34.3 Å². The van der Waals surface area contributed by atoms with Crippen molar-refractivity contribution in [3.63, 3.8) is 0 Å². The third-order valence-electron chi connectivity index (χ3n) is 2.55. The van der Waals surface area contributed by atoms with Crippen LogP contribution in [0.3, 0.4) is 0 Å². The van der Waals surface area contributed by atoms with E-state index < -0.39 is 0 Å². The Balaban J connectivity index is 2.60. The molecule has 1 aromatic carbocycles. The fraction of sp³-hybridized carbons (Fsp3) is 0.462. The third kappa shape index (κ3) is 4.74. The molecule has 4 heteroatoms. The second-order valence-electron chi connectivity index (χ2n) is 4.46. The quantitative estimate of drug-likeness (QED) is 0.804.